The van der Waals surface area contributed by atoms with Crippen LogP contribution >= 0.6 is 0 Å². The molecule has 0 aromatic heterocycles. The third-order valence-electron chi connectivity index (χ3n) is 7.47. The van der Waals surface area contributed by atoms with Gasteiger partial charge >= 0.3 is 0 Å². The molecule has 0 spiro atoms. The maximum Gasteiger partial charge on any atom is 0.0245 e. The van der Waals surface area contributed by atoms with E-state index in [1.807, 2.05) is 0 Å². The predicted octanol–water partition coefficient (Wildman–Crippen LogP) is 9.99. The van der Waals surface area contributed by atoms with Crippen molar-refractivity contribution in [2.75, 3.05) is 0 Å². The summed E-state index contributed by atoms with van der Waals surface area (Å²) in [6.07, 6.45) is 20.4. The summed E-state index contributed by atoms with van der Waals surface area (Å²) in [6.45, 7) is 4.57. The topological polar surface area (TPSA) is 0 Å². The largest absolute Gasteiger partial charge is 0.0945 e. The molecule has 33 heavy (non-hydrogen) atoms. The minimum atomic E-state index is 0.603. The first-order valence-corrected chi connectivity index (χ1v) is 14.0. The Morgan fingerprint density at radius 3 is 1.85 bits per heavy atom. The lowest BCUT2D eigenvalue weighted by Crippen LogP contribution is -2.13. The third kappa shape index (κ3) is 9.41. The van der Waals surface area contributed by atoms with Crippen LogP contribution in [0.25, 0.3) is 11.1 Å². The van der Waals surface area contributed by atoms with E-state index in [0.29, 0.717) is 5.92 Å². The molecule has 3 rings (SSSR count). The van der Waals surface area contributed by atoms with Crippen molar-refractivity contribution in [2.45, 2.75) is 110 Å². The van der Waals surface area contributed by atoms with Crippen molar-refractivity contribution < 1.29 is 0 Å². The van der Waals surface area contributed by atoms with E-state index in [4.69, 9.17) is 0 Å². The fourth-order valence-electron chi connectivity index (χ4n) is 5.18. The van der Waals surface area contributed by atoms with Crippen LogP contribution in [0.3, 0.4) is 0 Å². The highest BCUT2D eigenvalue weighted by atomic mass is 14.2. The maximum absolute atomic E-state index is 3.58. The van der Waals surface area contributed by atoms with Crippen molar-refractivity contribution in [3.63, 3.8) is 0 Å². The second-order valence-electron chi connectivity index (χ2n) is 10.3. The molecule has 0 amide bonds. The van der Waals surface area contributed by atoms with E-state index in [1.54, 1.807) is 0 Å². The van der Waals surface area contributed by atoms with Crippen LogP contribution in [0, 0.1) is 23.7 Å². The summed E-state index contributed by atoms with van der Waals surface area (Å²) in [5, 5.41) is 0. The fraction of sp³-hybridized carbons (Fsp3) is 0.576. The van der Waals surface area contributed by atoms with E-state index in [0.717, 1.165) is 11.5 Å². The van der Waals surface area contributed by atoms with Gasteiger partial charge in [-0.05, 0) is 73.3 Å². The lowest BCUT2D eigenvalue weighted by molar-refractivity contribution is 0.294. The highest BCUT2D eigenvalue weighted by Crippen LogP contribution is 2.32. The second-order valence-corrected chi connectivity index (χ2v) is 10.3. The fourth-order valence-corrected chi connectivity index (χ4v) is 5.18. The van der Waals surface area contributed by atoms with Crippen molar-refractivity contribution in [1.29, 1.82) is 0 Å². The minimum Gasteiger partial charge on any atom is -0.0945 e. The van der Waals surface area contributed by atoms with Gasteiger partial charge in [-0.25, -0.2) is 0 Å². The van der Waals surface area contributed by atoms with Gasteiger partial charge in [0, 0.05) is 11.5 Å². The molecule has 0 heteroatoms. The van der Waals surface area contributed by atoms with E-state index >= 15 is 0 Å². The normalized spacial score (nSPS) is 18.0. The Hall–Kier alpha value is -2.00. The van der Waals surface area contributed by atoms with Crippen molar-refractivity contribution >= 4 is 0 Å². The number of aryl methyl sites for hydroxylation is 1. The summed E-state index contributed by atoms with van der Waals surface area (Å²) in [4.78, 5) is 0. The summed E-state index contributed by atoms with van der Waals surface area (Å²) in [5.41, 5.74) is 5.22. The molecule has 178 valence electrons. The van der Waals surface area contributed by atoms with Crippen molar-refractivity contribution in [1.82, 2.24) is 0 Å². The molecule has 0 saturated heterocycles. The Balaban J connectivity index is 1.42. The van der Waals surface area contributed by atoms with Gasteiger partial charge in [0.2, 0.25) is 0 Å². The van der Waals surface area contributed by atoms with E-state index < -0.39 is 0 Å². The minimum absolute atomic E-state index is 0.603. The molecule has 2 aromatic carbocycles. The Morgan fingerprint density at radius 2 is 1.21 bits per heavy atom. The first kappa shape index (κ1) is 25.6. The smallest absolute Gasteiger partial charge is 0.0245 e. The number of benzene rings is 2. The van der Waals surface area contributed by atoms with Gasteiger partial charge in [-0.15, -0.1) is 0 Å². The van der Waals surface area contributed by atoms with Crippen LogP contribution in [-0.4, -0.2) is 0 Å². The van der Waals surface area contributed by atoms with Gasteiger partial charge in [0.15, 0.2) is 0 Å². The zero-order valence-electron chi connectivity index (χ0n) is 21.4. The Labute approximate surface area is 204 Å². The molecular weight excluding hydrogens is 396 g/mol. The maximum atomic E-state index is 3.58. The summed E-state index contributed by atoms with van der Waals surface area (Å²) in [7, 11) is 0. The summed E-state index contributed by atoms with van der Waals surface area (Å²) in [6, 6.07) is 18.0. The molecule has 1 aliphatic carbocycles. The highest BCUT2D eigenvalue weighted by molar-refractivity contribution is 5.64. The van der Waals surface area contributed by atoms with E-state index in [1.165, 1.54) is 113 Å². The molecule has 1 saturated carbocycles. The molecule has 0 nitrogen and oxygen atoms in total. The van der Waals surface area contributed by atoms with Gasteiger partial charge in [0.1, 0.15) is 0 Å². The average molecular weight is 443 g/mol. The van der Waals surface area contributed by atoms with Gasteiger partial charge in [0.05, 0.1) is 0 Å². The second kappa shape index (κ2) is 15.0. The van der Waals surface area contributed by atoms with Crippen LogP contribution in [0.5, 0.6) is 0 Å². The summed E-state index contributed by atoms with van der Waals surface area (Å²) in [5.74, 6) is 8.62. The first-order valence-electron chi connectivity index (χ1n) is 14.0. The zero-order valence-corrected chi connectivity index (χ0v) is 21.4. The molecule has 0 unspecified atom stereocenters. The van der Waals surface area contributed by atoms with Crippen LogP contribution in [-0.2, 0) is 6.42 Å². The van der Waals surface area contributed by atoms with Crippen molar-refractivity contribution in [3.05, 3.63) is 59.7 Å². The van der Waals surface area contributed by atoms with Gasteiger partial charge in [0.25, 0.3) is 0 Å². The van der Waals surface area contributed by atoms with Gasteiger partial charge in [-0.1, -0.05) is 120 Å². The molecule has 1 fully saturated rings. The predicted molar refractivity (Wildman–Crippen MR) is 145 cm³/mol. The number of hydrogen-bond donors (Lipinski definition) is 0. The summed E-state index contributed by atoms with van der Waals surface area (Å²) < 4.78 is 0. The number of hydrogen-bond acceptors (Lipinski definition) is 0. The van der Waals surface area contributed by atoms with Crippen LogP contribution in [0.15, 0.2) is 48.5 Å². The molecule has 0 bridgehead atoms. The average Bonchev–Trinajstić information content (AvgIpc) is 2.87. The van der Waals surface area contributed by atoms with Crippen LogP contribution < -0.4 is 0 Å². The Bertz CT molecular complexity index is 822. The lowest BCUT2D eigenvalue weighted by atomic mass is 9.80. The van der Waals surface area contributed by atoms with Gasteiger partial charge in [-0.2, -0.15) is 0 Å². The van der Waals surface area contributed by atoms with E-state index in [9.17, 15) is 0 Å². The summed E-state index contributed by atoms with van der Waals surface area (Å²) >= 11 is 0. The Morgan fingerprint density at radius 1 is 0.636 bits per heavy atom. The number of rotatable bonds is 12. The van der Waals surface area contributed by atoms with Crippen molar-refractivity contribution in [3.8, 4) is 23.0 Å². The van der Waals surface area contributed by atoms with E-state index in [2.05, 4.69) is 74.2 Å². The Kier molecular flexibility index (Phi) is 11.7. The van der Waals surface area contributed by atoms with Crippen LogP contribution in [0.1, 0.15) is 115 Å². The van der Waals surface area contributed by atoms with Crippen LogP contribution in [0.4, 0.5) is 0 Å². The SMILES string of the molecule is CCCCCCCc1ccc(-c2ccc(C#CC3CCC(CCCCCC)CC3)cc2)cc1. The molecular formula is C33H46. The monoisotopic (exact) mass is 442 g/mol. The molecule has 0 aliphatic heterocycles. The van der Waals surface area contributed by atoms with E-state index in [-0.39, 0.29) is 0 Å². The first-order chi connectivity index (χ1) is 16.3. The van der Waals surface area contributed by atoms with Crippen molar-refractivity contribution in [2.24, 2.45) is 11.8 Å². The third-order valence-corrected chi connectivity index (χ3v) is 7.47. The lowest BCUT2D eigenvalue weighted by Gasteiger charge is -2.25. The quantitative estimate of drug-likeness (QED) is 0.226. The molecule has 2 aromatic rings. The number of unbranched alkanes of at least 4 members (excludes halogenated alkanes) is 7. The highest BCUT2D eigenvalue weighted by Gasteiger charge is 2.19. The molecule has 0 heterocycles. The van der Waals surface area contributed by atoms with Crippen LogP contribution in [0.2, 0.25) is 0 Å². The molecule has 0 radical (unpaired) electrons. The standard InChI is InChI=1S/C33H46/c1-3-5-7-9-11-13-29-20-24-32(25-21-29)33-26-22-31(23-27-33)19-18-30-16-14-28(15-17-30)12-10-8-6-4-2/h20-28,30H,3-17H2,1-2H3. The molecule has 0 N–H and O–H groups in total. The molecule has 0 atom stereocenters. The van der Waals surface area contributed by atoms with Gasteiger partial charge < -0.3 is 0 Å². The van der Waals surface area contributed by atoms with Gasteiger partial charge in [-0.3, -0.25) is 0 Å². The molecule has 1 aliphatic rings. The zero-order chi connectivity index (χ0) is 23.1.